The van der Waals surface area contributed by atoms with Crippen LogP contribution in [0.3, 0.4) is 0 Å². The van der Waals surface area contributed by atoms with Crippen LogP contribution in [0.4, 0.5) is 0 Å². The van der Waals surface area contributed by atoms with E-state index < -0.39 is 0 Å². The van der Waals surface area contributed by atoms with Crippen molar-refractivity contribution in [3.8, 4) is 0 Å². The standard InChI is InChI=1S/C14H18N2O.C3H8/c1-11-6-16(7-11)14(17)10-15-8-12-4-2-3-5-13(12)9-15;1-3-2/h2-5,11H,6-10H2,1H3;3H2,1-2H3. The third-order valence-electron chi connectivity index (χ3n) is 3.68. The van der Waals surface area contributed by atoms with Crippen molar-refractivity contribution in [3.63, 3.8) is 0 Å². The lowest BCUT2D eigenvalue weighted by Crippen LogP contribution is -2.51. The van der Waals surface area contributed by atoms with Gasteiger partial charge in [0.05, 0.1) is 6.54 Å². The maximum Gasteiger partial charge on any atom is 0.236 e. The van der Waals surface area contributed by atoms with Gasteiger partial charge in [-0.05, 0) is 17.0 Å². The number of carbonyl (C=O) groups is 1. The Labute approximate surface area is 122 Å². The van der Waals surface area contributed by atoms with Crippen molar-refractivity contribution in [1.82, 2.24) is 9.80 Å². The quantitative estimate of drug-likeness (QED) is 0.828. The molecule has 0 bridgehead atoms. The van der Waals surface area contributed by atoms with E-state index in [0.717, 1.165) is 26.2 Å². The Balaban J connectivity index is 0.000000452. The molecule has 0 N–H and O–H groups in total. The van der Waals surface area contributed by atoms with Gasteiger partial charge in [-0.15, -0.1) is 0 Å². The van der Waals surface area contributed by atoms with Crippen molar-refractivity contribution < 1.29 is 4.79 Å². The van der Waals surface area contributed by atoms with Gasteiger partial charge < -0.3 is 4.90 Å². The predicted molar refractivity (Wildman–Crippen MR) is 82.3 cm³/mol. The molecule has 20 heavy (non-hydrogen) atoms. The summed E-state index contributed by atoms with van der Waals surface area (Å²) in [7, 11) is 0. The topological polar surface area (TPSA) is 23.6 Å². The summed E-state index contributed by atoms with van der Waals surface area (Å²) >= 11 is 0. The minimum absolute atomic E-state index is 0.288. The van der Waals surface area contributed by atoms with Gasteiger partial charge in [0.15, 0.2) is 0 Å². The van der Waals surface area contributed by atoms with Crippen molar-refractivity contribution >= 4 is 5.91 Å². The maximum absolute atomic E-state index is 12.0. The predicted octanol–water partition coefficient (Wildman–Crippen LogP) is 2.90. The fourth-order valence-corrected chi connectivity index (χ4v) is 2.71. The van der Waals surface area contributed by atoms with Crippen LogP contribution >= 0.6 is 0 Å². The number of benzene rings is 1. The zero-order valence-corrected chi connectivity index (χ0v) is 12.9. The van der Waals surface area contributed by atoms with Gasteiger partial charge in [-0.3, -0.25) is 9.69 Å². The van der Waals surface area contributed by atoms with Crippen LogP contribution in [0.5, 0.6) is 0 Å². The Morgan fingerprint density at radius 2 is 1.65 bits per heavy atom. The molecule has 3 nitrogen and oxygen atoms in total. The van der Waals surface area contributed by atoms with E-state index in [9.17, 15) is 4.79 Å². The minimum atomic E-state index is 0.288. The van der Waals surface area contributed by atoms with Gasteiger partial charge in [0.2, 0.25) is 5.91 Å². The van der Waals surface area contributed by atoms with E-state index >= 15 is 0 Å². The molecule has 2 aliphatic rings. The van der Waals surface area contributed by atoms with E-state index in [1.54, 1.807) is 0 Å². The number of nitrogens with zero attached hydrogens (tertiary/aromatic N) is 2. The highest BCUT2D eigenvalue weighted by Gasteiger charge is 2.29. The number of fused-ring (bicyclic) bond motifs is 1. The molecule has 0 saturated carbocycles. The van der Waals surface area contributed by atoms with E-state index in [-0.39, 0.29) is 5.91 Å². The Bertz CT molecular complexity index is 427. The van der Waals surface area contributed by atoms with Crippen molar-refractivity contribution in [3.05, 3.63) is 35.4 Å². The number of likely N-dealkylation sites (tertiary alicyclic amines) is 1. The first-order chi connectivity index (χ1) is 9.63. The lowest BCUT2D eigenvalue weighted by atomic mass is 10.0. The van der Waals surface area contributed by atoms with E-state index in [0.29, 0.717) is 12.5 Å². The molecule has 3 heteroatoms. The molecule has 3 rings (SSSR count). The van der Waals surface area contributed by atoms with Gasteiger partial charge in [-0.2, -0.15) is 0 Å². The summed E-state index contributed by atoms with van der Waals surface area (Å²) < 4.78 is 0. The third-order valence-corrected chi connectivity index (χ3v) is 3.68. The lowest BCUT2D eigenvalue weighted by molar-refractivity contribution is -0.138. The molecular weight excluding hydrogens is 248 g/mol. The maximum atomic E-state index is 12.0. The lowest BCUT2D eigenvalue weighted by Gasteiger charge is -2.38. The second-order valence-electron chi connectivity index (χ2n) is 6.02. The molecule has 1 saturated heterocycles. The van der Waals surface area contributed by atoms with Crippen LogP contribution in [0.2, 0.25) is 0 Å². The summed E-state index contributed by atoms with van der Waals surface area (Å²) in [4.78, 5) is 16.2. The smallest absolute Gasteiger partial charge is 0.236 e. The van der Waals surface area contributed by atoms with Gasteiger partial charge in [0, 0.05) is 26.2 Å². The Morgan fingerprint density at radius 3 is 2.10 bits per heavy atom. The molecular formula is C17H26N2O. The van der Waals surface area contributed by atoms with Crippen LogP contribution in [0.15, 0.2) is 24.3 Å². The monoisotopic (exact) mass is 274 g/mol. The zero-order valence-electron chi connectivity index (χ0n) is 12.9. The van der Waals surface area contributed by atoms with Crippen LogP contribution in [-0.2, 0) is 17.9 Å². The second-order valence-corrected chi connectivity index (χ2v) is 6.02. The SMILES string of the molecule is CC1CN(C(=O)CN2Cc3ccccc3C2)C1.CCC. The average Bonchev–Trinajstić information content (AvgIpc) is 2.78. The molecule has 2 heterocycles. The molecule has 110 valence electrons. The third kappa shape index (κ3) is 3.60. The van der Waals surface area contributed by atoms with Crippen LogP contribution < -0.4 is 0 Å². The number of hydrogen-bond donors (Lipinski definition) is 0. The molecule has 1 aromatic carbocycles. The van der Waals surface area contributed by atoms with Gasteiger partial charge in [0.1, 0.15) is 0 Å². The Kier molecular flexibility index (Phi) is 5.18. The number of rotatable bonds is 2. The van der Waals surface area contributed by atoms with E-state index in [1.165, 1.54) is 17.5 Å². The zero-order chi connectivity index (χ0) is 14.5. The van der Waals surface area contributed by atoms with Crippen molar-refractivity contribution in [2.24, 2.45) is 5.92 Å². The number of carbonyl (C=O) groups excluding carboxylic acids is 1. The molecule has 1 fully saturated rings. The Hall–Kier alpha value is -1.35. The first-order valence-corrected chi connectivity index (χ1v) is 7.70. The molecule has 0 atom stereocenters. The fraction of sp³-hybridized carbons (Fsp3) is 0.588. The summed E-state index contributed by atoms with van der Waals surface area (Å²) in [5.74, 6) is 0.977. The van der Waals surface area contributed by atoms with Gasteiger partial charge in [-0.25, -0.2) is 0 Å². The summed E-state index contributed by atoms with van der Waals surface area (Å²) in [6.07, 6.45) is 1.25. The van der Waals surface area contributed by atoms with Gasteiger partial charge in [-0.1, -0.05) is 51.5 Å². The van der Waals surface area contributed by atoms with E-state index in [2.05, 4.69) is 49.9 Å². The highest BCUT2D eigenvalue weighted by molar-refractivity contribution is 5.79. The van der Waals surface area contributed by atoms with E-state index in [4.69, 9.17) is 0 Å². The molecule has 0 spiro atoms. The number of hydrogen-bond acceptors (Lipinski definition) is 2. The molecule has 0 radical (unpaired) electrons. The highest BCUT2D eigenvalue weighted by atomic mass is 16.2. The van der Waals surface area contributed by atoms with Crippen LogP contribution in [-0.4, -0.2) is 35.3 Å². The van der Waals surface area contributed by atoms with Crippen molar-refractivity contribution in [1.29, 1.82) is 0 Å². The fourth-order valence-electron chi connectivity index (χ4n) is 2.71. The minimum Gasteiger partial charge on any atom is -0.341 e. The summed E-state index contributed by atoms with van der Waals surface area (Å²) in [5, 5.41) is 0. The molecule has 0 aliphatic carbocycles. The molecule has 0 unspecified atom stereocenters. The highest BCUT2D eigenvalue weighted by Crippen LogP contribution is 2.22. The van der Waals surface area contributed by atoms with Gasteiger partial charge >= 0.3 is 0 Å². The van der Waals surface area contributed by atoms with Gasteiger partial charge in [0.25, 0.3) is 0 Å². The summed E-state index contributed by atoms with van der Waals surface area (Å²) in [6.45, 7) is 10.7. The largest absolute Gasteiger partial charge is 0.341 e. The molecule has 0 aromatic heterocycles. The normalized spacial score (nSPS) is 18.1. The second kappa shape index (κ2) is 6.89. The van der Waals surface area contributed by atoms with E-state index in [1.807, 2.05) is 4.90 Å². The number of amides is 1. The summed E-state index contributed by atoms with van der Waals surface area (Å²) in [5.41, 5.74) is 2.74. The summed E-state index contributed by atoms with van der Waals surface area (Å²) in [6, 6.07) is 8.46. The van der Waals surface area contributed by atoms with Crippen molar-refractivity contribution in [2.45, 2.75) is 40.3 Å². The molecule has 1 amide bonds. The first-order valence-electron chi connectivity index (χ1n) is 7.70. The first kappa shape index (κ1) is 15.0. The Morgan fingerprint density at radius 1 is 1.15 bits per heavy atom. The van der Waals surface area contributed by atoms with Crippen LogP contribution in [0, 0.1) is 5.92 Å². The van der Waals surface area contributed by atoms with Crippen molar-refractivity contribution in [2.75, 3.05) is 19.6 Å². The molecule has 1 aromatic rings. The van der Waals surface area contributed by atoms with Crippen LogP contribution in [0.25, 0.3) is 0 Å². The average molecular weight is 274 g/mol. The van der Waals surface area contributed by atoms with Crippen LogP contribution in [0.1, 0.15) is 38.3 Å². The molecule has 2 aliphatic heterocycles.